The van der Waals surface area contributed by atoms with E-state index in [4.69, 9.17) is 10.7 Å². The van der Waals surface area contributed by atoms with Crippen molar-refractivity contribution in [2.75, 3.05) is 37.2 Å². The third-order valence-corrected chi connectivity index (χ3v) is 7.02. The van der Waals surface area contributed by atoms with Gasteiger partial charge in [0.25, 0.3) is 0 Å². The van der Waals surface area contributed by atoms with Crippen LogP contribution in [-0.2, 0) is 4.79 Å². The normalized spacial score (nSPS) is 19.5. The van der Waals surface area contributed by atoms with Gasteiger partial charge in [0.1, 0.15) is 18.1 Å². The molecule has 0 spiro atoms. The van der Waals surface area contributed by atoms with Crippen molar-refractivity contribution < 1.29 is 4.79 Å². The van der Waals surface area contributed by atoms with E-state index in [-0.39, 0.29) is 5.95 Å². The third kappa shape index (κ3) is 4.61. The molecule has 0 aliphatic carbocycles. The van der Waals surface area contributed by atoms with E-state index in [0.717, 1.165) is 54.8 Å². The second-order valence-electron chi connectivity index (χ2n) is 9.04. The van der Waals surface area contributed by atoms with Gasteiger partial charge < -0.3 is 25.6 Å². The molecule has 0 amide bonds. The van der Waals surface area contributed by atoms with Crippen molar-refractivity contribution >= 4 is 29.8 Å². The van der Waals surface area contributed by atoms with Crippen LogP contribution in [0.25, 0.3) is 17.3 Å². The van der Waals surface area contributed by atoms with Gasteiger partial charge >= 0.3 is 0 Å². The van der Waals surface area contributed by atoms with Crippen LogP contribution in [0, 0.1) is 0 Å². The first-order chi connectivity index (χ1) is 17.1. The summed E-state index contributed by atoms with van der Waals surface area (Å²) >= 11 is 0. The molecule has 3 aromatic rings. The molecule has 1 fully saturated rings. The van der Waals surface area contributed by atoms with Crippen molar-refractivity contribution in [3.05, 3.63) is 65.6 Å². The van der Waals surface area contributed by atoms with Gasteiger partial charge in [0.15, 0.2) is 0 Å². The molecule has 1 saturated heterocycles. The number of carbonyl (C=O) groups is 1. The largest absolute Gasteiger partial charge is 0.368 e. The highest BCUT2D eigenvalue weighted by molar-refractivity contribution is 5.80. The SMILES string of the molecule is CCN1CCC(c2ccc(Nc3nc(-c4cnc(N)nc4)cc4c3C(C=O)N(CC)C=C4)cc2)C1. The van der Waals surface area contributed by atoms with Gasteiger partial charge in [0.2, 0.25) is 5.95 Å². The van der Waals surface area contributed by atoms with E-state index >= 15 is 0 Å². The molecular weight excluding hydrogens is 438 g/mol. The van der Waals surface area contributed by atoms with Crippen molar-refractivity contribution in [3.8, 4) is 11.3 Å². The van der Waals surface area contributed by atoms with Gasteiger partial charge in [-0.05, 0) is 67.8 Å². The number of benzene rings is 1. The zero-order chi connectivity index (χ0) is 24.4. The highest BCUT2D eigenvalue weighted by Gasteiger charge is 2.28. The van der Waals surface area contributed by atoms with Gasteiger partial charge in [-0.15, -0.1) is 0 Å². The van der Waals surface area contributed by atoms with Crippen molar-refractivity contribution in [1.82, 2.24) is 24.8 Å². The quantitative estimate of drug-likeness (QED) is 0.496. The van der Waals surface area contributed by atoms with Crippen LogP contribution in [-0.4, -0.2) is 57.2 Å². The Bertz CT molecular complexity index is 1220. The molecule has 8 nitrogen and oxygen atoms in total. The van der Waals surface area contributed by atoms with E-state index in [9.17, 15) is 4.79 Å². The molecule has 4 heterocycles. The Morgan fingerprint density at radius 3 is 2.57 bits per heavy atom. The molecule has 0 radical (unpaired) electrons. The maximum atomic E-state index is 12.2. The molecule has 2 aliphatic heterocycles. The Kier molecular flexibility index (Phi) is 6.46. The van der Waals surface area contributed by atoms with E-state index < -0.39 is 6.04 Å². The lowest BCUT2D eigenvalue weighted by molar-refractivity contribution is -0.111. The number of nitrogens with zero attached hydrogens (tertiary/aromatic N) is 5. The van der Waals surface area contributed by atoms with Crippen LogP contribution in [0.2, 0.25) is 0 Å². The zero-order valence-corrected chi connectivity index (χ0v) is 20.2. The summed E-state index contributed by atoms with van der Waals surface area (Å²) in [7, 11) is 0. The fourth-order valence-electron chi connectivity index (χ4n) is 4.99. The predicted octanol–water partition coefficient (Wildman–Crippen LogP) is 4.22. The summed E-state index contributed by atoms with van der Waals surface area (Å²) in [5, 5.41) is 3.49. The molecule has 2 unspecified atom stereocenters. The van der Waals surface area contributed by atoms with Crippen molar-refractivity contribution in [2.24, 2.45) is 0 Å². The fraction of sp³-hybridized carbons (Fsp3) is 0.333. The van der Waals surface area contributed by atoms with Crippen LogP contribution in [0.5, 0.6) is 0 Å². The van der Waals surface area contributed by atoms with Gasteiger partial charge in [0, 0.05) is 48.5 Å². The number of aromatic nitrogens is 3. The minimum absolute atomic E-state index is 0.217. The average molecular weight is 470 g/mol. The minimum atomic E-state index is -0.412. The number of hydrogen-bond acceptors (Lipinski definition) is 8. The molecule has 2 atom stereocenters. The van der Waals surface area contributed by atoms with E-state index in [1.165, 1.54) is 12.0 Å². The maximum Gasteiger partial charge on any atom is 0.219 e. The standard InChI is InChI=1S/C27H31N7O/c1-3-33-11-9-20(16-33)18-5-7-22(8-6-18)31-26-25-19(10-12-34(4-2)24(25)17-35)13-23(32-26)21-14-29-27(28)30-15-21/h5-8,10,12-15,17,20,24H,3-4,9,11,16H2,1-2H3,(H,31,32)(H2,28,29,30). The molecule has 1 aromatic carbocycles. The van der Waals surface area contributed by atoms with Crippen LogP contribution in [0.15, 0.2) is 48.9 Å². The third-order valence-electron chi connectivity index (χ3n) is 7.02. The second-order valence-corrected chi connectivity index (χ2v) is 9.04. The zero-order valence-electron chi connectivity index (χ0n) is 20.2. The number of pyridine rings is 1. The summed E-state index contributed by atoms with van der Waals surface area (Å²) in [4.78, 5) is 29.8. The molecule has 3 N–H and O–H groups in total. The van der Waals surface area contributed by atoms with Gasteiger partial charge in [-0.3, -0.25) is 0 Å². The lowest BCUT2D eigenvalue weighted by Gasteiger charge is -2.32. The van der Waals surface area contributed by atoms with Crippen LogP contribution in [0.1, 0.15) is 48.9 Å². The molecular formula is C27H31N7O. The number of likely N-dealkylation sites (N-methyl/N-ethyl adjacent to an activating group) is 2. The summed E-state index contributed by atoms with van der Waals surface area (Å²) < 4.78 is 0. The van der Waals surface area contributed by atoms with Gasteiger partial charge in [-0.25, -0.2) is 15.0 Å². The Labute approximate surface area is 205 Å². The van der Waals surface area contributed by atoms with Crippen molar-refractivity contribution in [1.29, 1.82) is 0 Å². The average Bonchev–Trinajstić information content (AvgIpc) is 3.38. The molecule has 0 saturated carbocycles. The minimum Gasteiger partial charge on any atom is -0.368 e. The number of hydrogen-bond donors (Lipinski definition) is 2. The first-order valence-electron chi connectivity index (χ1n) is 12.2. The monoisotopic (exact) mass is 469 g/mol. The number of carbonyl (C=O) groups excluding carboxylic acids is 1. The number of nitrogens with two attached hydrogens (primary N) is 1. The number of nitrogen functional groups attached to an aromatic ring is 1. The van der Waals surface area contributed by atoms with E-state index in [0.29, 0.717) is 17.4 Å². The first-order valence-corrected chi connectivity index (χ1v) is 12.2. The lowest BCUT2D eigenvalue weighted by Crippen LogP contribution is -2.28. The van der Waals surface area contributed by atoms with Crippen LogP contribution in [0.3, 0.4) is 0 Å². The van der Waals surface area contributed by atoms with Crippen molar-refractivity contribution in [2.45, 2.75) is 32.2 Å². The van der Waals surface area contributed by atoms with Crippen LogP contribution >= 0.6 is 0 Å². The van der Waals surface area contributed by atoms with E-state index in [1.54, 1.807) is 12.4 Å². The van der Waals surface area contributed by atoms with E-state index in [1.807, 2.05) is 30.2 Å². The topological polar surface area (TPSA) is 100 Å². The smallest absolute Gasteiger partial charge is 0.219 e. The Balaban J connectivity index is 1.50. The predicted molar refractivity (Wildman–Crippen MR) is 139 cm³/mol. The summed E-state index contributed by atoms with van der Waals surface area (Å²) in [5.74, 6) is 1.44. The number of nitrogens with one attached hydrogen (secondary N) is 1. The molecule has 8 heteroatoms. The fourth-order valence-corrected chi connectivity index (χ4v) is 4.99. The number of aldehydes is 1. The Hall–Kier alpha value is -3.78. The number of fused-ring (bicyclic) bond motifs is 1. The Morgan fingerprint density at radius 1 is 1.14 bits per heavy atom. The number of rotatable bonds is 7. The molecule has 0 bridgehead atoms. The summed E-state index contributed by atoms with van der Waals surface area (Å²) in [6.45, 7) is 8.35. The second kappa shape index (κ2) is 9.84. The van der Waals surface area contributed by atoms with Crippen molar-refractivity contribution in [3.63, 3.8) is 0 Å². The highest BCUT2D eigenvalue weighted by Crippen LogP contribution is 2.37. The van der Waals surface area contributed by atoms with Crippen LogP contribution in [0.4, 0.5) is 17.5 Å². The molecule has 2 aromatic heterocycles. The molecule has 180 valence electrons. The molecule has 35 heavy (non-hydrogen) atoms. The molecule has 5 rings (SSSR count). The maximum absolute atomic E-state index is 12.2. The lowest BCUT2D eigenvalue weighted by atomic mass is 9.95. The van der Waals surface area contributed by atoms with Crippen LogP contribution < -0.4 is 11.1 Å². The summed E-state index contributed by atoms with van der Waals surface area (Å²) in [6, 6.07) is 10.2. The molecule has 2 aliphatic rings. The summed E-state index contributed by atoms with van der Waals surface area (Å²) in [5.41, 5.74) is 11.3. The highest BCUT2D eigenvalue weighted by atomic mass is 16.1. The van der Waals surface area contributed by atoms with Gasteiger partial charge in [0.05, 0.1) is 5.69 Å². The van der Waals surface area contributed by atoms with Gasteiger partial charge in [-0.1, -0.05) is 19.1 Å². The number of likely N-dealkylation sites (tertiary alicyclic amines) is 1. The number of anilines is 3. The van der Waals surface area contributed by atoms with Gasteiger partial charge in [-0.2, -0.15) is 0 Å². The summed E-state index contributed by atoms with van der Waals surface area (Å²) in [6.07, 6.45) is 9.49. The Morgan fingerprint density at radius 2 is 1.91 bits per heavy atom. The van der Waals surface area contributed by atoms with E-state index in [2.05, 4.69) is 51.4 Å². The first kappa shape index (κ1) is 23.0.